The number of halogens is 3. The molecular weight excluding hydrogens is 379 g/mol. The van der Waals surface area contributed by atoms with Gasteiger partial charge < -0.3 is 5.11 Å². The molecule has 18 heavy (non-hydrogen) atoms. The lowest BCUT2D eigenvalue weighted by Gasteiger charge is -2.13. The Bertz CT molecular complexity index is 540. The summed E-state index contributed by atoms with van der Waals surface area (Å²) in [5, 5.41) is 10.8. The minimum absolute atomic E-state index is 0.550. The van der Waals surface area contributed by atoms with Crippen LogP contribution in [0.2, 0.25) is 5.02 Å². The quantitative estimate of drug-likeness (QED) is 0.769. The van der Waals surface area contributed by atoms with E-state index in [1.807, 2.05) is 36.4 Å². The molecule has 0 saturated heterocycles. The number of hydrogen-bond donors (Lipinski definition) is 1. The maximum absolute atomic E-state index is 10.2. The molecule has 1 unspecified atom stereocenters. The number of hydrogen-bond acceptors (Lipinski definition) is 1. The normalized spacial score (nSPS) is 12.4. The van der Waals surface area contributed by atoms with Gasteiger partial charge in [-0.1, -0.05) is 61.7 Å². The molecule has 94 valence electrons. The smallest absolute Gasteiger partial charge is 0.0844 e. The van der Waals surface area contributed by atoms with Crippen molar-refractivity contribution in [1.82, 2.24) is 0 Å². The predicted octanol–water partition coefficient (Wildman–Crippen LogP) is 5.14. The van der Waals surface area contributed by atoms with Gasteiger partial charge in [-0.15, -0.1) is 0 Å². The summed E-state index contributed by atoms with van der Waals surface area (Å²) < 4.78 is 1.94. The molecule has 0 aromatic heterocycles. The summed E-state index contributed by atoms with van der Waals surface area (Å²) in [5.74, 6) is 0. The Kier molecular flexibility index (Phi) is 4.84. The first-order chi connectivity index (χ1) is 8.56. The lowest BCUT2D eigenvalue weighted by molar-refractivity contribution is 0.178. The molecule has 0 bridgehead atoms. The third-order valence-electron chi connectivity index (χ3n) is 2.66. The maximum atomic E-state index is 10.2. The SMILES string of the molecule is OC(Cc1ccc(Br)cc1)c1ccc(Br)cc1Cl. The molecule has 2 aromatic rings. The lowest BCUT2D eigenvalue weighted by atomic mass is 10.0. The van der Waals surface area contributed by atoms with E-state index in [1.165, 1.54) is 0 Å². The summed E-state index contributed by atoms with van der Waals surface area (Å²) in [6, 6.07) is 13.4. The van der Waals surface area contributed by atoms with Gasteiger partial charge in [-0.2, -0.15) is 0 Å². The molecule has 0 aliphatic rings. The topological polar surface area (TPSA) is 20.2 Å². The second kappa shape index (κ2) is 6.20. The van der Waals surface area contributed by atoms with Crippen LogP contribution >= 0.6 is 43.5 Å². The van der Waals surface area contributed by atoms with E-state index in [9.17, 15) is 5.11 Å². The predicted molar refractivity (Wildman–Crippen MR) is 82.0 cm³/mol. The summed E-state index contributed by atoms with van der Waals surface area (Å²) in [6.07, 6.45) is -0.0407. The molecule has 0 aliphatic carbocycles. The van der Waals surface area contributed by atoms with Crippen molar-refractivity contribution in [3.8, 4) is 0 Å². The van der Waals surface area contributed by atoms with Gasteiger partial charge in [0, 0.05) is 20.4 Å². The highest BCUT2D eigenvalue weighted by Crippen LogP contribution is 2.28. The number of aliphatic hydroxyl groups is 1. The van der Waals surface area contributed by atoms with Crippen LogP contribution < -0.4 is 0 Å². The average molecular weight is 391 g/mol. The zero-order chi connectivity index (χ0) is 13.1. The van der Waals surface area contributed by atoms with Crippen LogP contribution in [0.3, 0.4) is 0 Å². The van der Waals surface area contributed by atoms with E-state index in [0.29, 0.717) is 11.4 Å². The summed E-state index contributed by atoms with van der Waals surface area (Å²) in [7, 11) is 0. The Morgan fingerprint density at radius 2 is 1.61 bits per heavy atom. The van der Waals surface area contributed by atoms with Crippen molar-refractivity contribution < 1.29 is 5.11 Å². The van der Waals surface area contributed by atoms with Crippen LogP contribution in [0.25, 0.3) is 0 Å². The van der Waals surface area contributed by atoms with Crippen LogP contribution in [-0.2, 0) is 6.42 Å². The van der Waals surface area contributed by atoms with E-state index in [1.54, 1.807) is 6.07 Å². The highest BCUT2D eigenvalue weighted by Gasteiger charge is 2.12. The standard InChI is InChI=1S/C14H11Br2ClO/c15-10-3-1-9(2-4-10)7-14(18)12-6-5-11(16)8-13(12)17/h1-6,8,14,18H,7H2. The lowest BCUT2D eigenvalue weighted by Crippen LogP contribution is -2.02. The van der Waals surface area contributed by atoms with Gasteiger partial charge in [0.25, 0.3) is 0 Å². The monoisotopic (exact) mass is 388 g/mol. The Morgan fingerprint density at radius 1 is 1.00 bits per heavy atom. The van der Waals surface area contributed by atoms with Gasteiger partial charge in [-0.25, -0.2) is 0 Å². The molecule has 0 radical (unpaired) electrons. The molecule has 4 heteroatoms. The highest BCUT2D eigenvalue weighted by atomic mass is 79.9. The van der Waals surface area contributed by atoms with E-state index < -0.39 is 6.10 Å². The first-order valence-electron chi connectivity index (χ1n) is 5.44. The van der Waals surface area contributed by atoms with E-state index >= 15 is 0 Å². The van der Waals surface area contributed by atoms with E-state index in [0.717, 1.165) is 20.1 Å². The molecule has 0 spiro atoms. The van der Waals surface area contributed by atoms with Gasteiger partial charge in [0.2, 0.25) is 0 Å². The van der Waals surface area contributed by atoms with Crippen molar-refractivity contribution in [3.63, 3.8) is 0 Å². The fourth-order valence-corrected chi connectivity index (χ4v) is 2.79. The second-order valence-corrected chi connectivity index (χ2v) is 6.25. The molecule has 1 nitrogen and oxygen atoms in total. The summed E-state index contributed by atoms with van der Waals surface area (Å²) >= 11 is 12.9. The molecule has 0 amide bonds. The van der Waals surface area contributed by atoms with Crippen molar-refractivity contribution in [2.24, 2.45) is 0 Å². The minimum Gasteiger partial charge on any atom is -0.388 e. The maximum Gasteiger partial charge on any atom is 0.0844 e. The van der Waals surface area contributed by atoms with E-state index in [2.05, 4.69) is 31.9 Å². The number of rotatable bonds is 3. The summed E-state index contributed by atoms with van der Waals surface area (Å²) in [6.45, 7) is 0. The van der Waals surface area contributed by atoms with Gasteiger partial charge in [-0.05, 0) is 35.4 Å². The third kappa shape index (κ3) is 3.58. The number of benzene rings is 2. The van der Waals surface area contributed by atoms with Crippen molar-refractivity contribution in [2.45, 2.75) is 12.5 Å². The molecule has 0 saturated carbocycles. The minimum atomic E-state index is -0.591. The van der Waals surface area contributed by atoms with E-state index in [-0.39, 0.29) is 0 Å². The highest BCUT2D eigenvalue weighted by molar-refractivity contribution is 9.10. The molecule has 2 rings (SSSR count). The van der Waals surface area contributed by atoms with Crippen molar-refractivity contribution in [1.29, 1.82) is 0 Å². The van der Waals surface area contributed by atoms with Gasteiger partial charge in [-0.3, -0.25) is 0 Å². The van der Waals surface area contributed by atoms with Gasteiger partial charge >= 0.3 is 0 Å². The molecule has 1 atom stereocenters. The largest absolute Gasteiger partial charge is 0.388 e. The average Bonchev–Trinajstić information content (AvgIpc) is 2.32. The Hall–Kier alpha value is -0.350. The fourth-order valence-electron chi connectivity index (χ4n) is 1.73. The van der Waals surface area contributed by atoms with Crippen LogP contribution in [0.15, 0.2) is 51.4 Å². The van der Waals surface area contributed by atoms with Crippen molar-refractivity contribution in [2.75, 3.05) is 0 Å². The van der Waals surface area contributed by atoms with Crippen molar-refractivity contribution in [3.05, 3.63) is 67.6 Å². The molecule has 0 heterocycles. The molecule has 1 N–H and O–H groups in total. The summed E-state index contributed by atoms with van der Waals surface area (Å²) in [4.78, 5) is 0. The molecule has 0 aliphatic heterocycles. The van der Waals surface area contributed by atoms with Gasteiger partial charge in [0.15, 0.2) is 0 Å². The second-order valence-electron chi connectivity index (χ2n) is 4.01. The Balaban J connectivity index is 2.16. The van der Waals surface area contributed by atoms with E-state index in [4.69, 9.17) is 11.6 Å². The Labute approximate surface area is 128 Å². The van der Waals surface area contributed by atoms with Crippen LogP contribution in [0, 0.1) is 0 Å². The molecular formula is C14H11Br2ClO. The first kappa shape index (κ1) is 14.1. The number of aliphatic hydroxyl groups excluding tert-OH is 1. The van der Waals surface area contributed by atoms with Crippen LogP contribution in [0.5, 0.6) is 0 Å². The zero-order valence-corrected chi connectivity index (χ0v) is 13.3. The van der Waals surface area contributed by atoms with Crippen LogP contribution in [0.4, 0.5) is 0 Å². The third-order valence-corrected chi connectivity index (χ3v) is 4.01. The first-order valence-corrected chi connectivity index (χ1v) is 7.40. The van der Waals surface area contributed by atoms with Crippen LogP contribution in [-0.4, -0.2) is 5.11 Å². The molecule has 0 fully saturated rings. The van der Waals surface area contributed by atoms with Crippen molar-refractivity contribution >= 4 is 43.5 Å². The van der Waals surface area contributed by atoms with Gasteiger partial charge in [0.1, 0.15) is 0 Å². The fraction of sp³-hybridized carbons (Fsp3) is 0.143. The Morgan fingerprint density at radius 3 is 2.22 bits per heavy atom. The van der Waals surface area contributed by atoms with Gasteiger partial charge in [0.05, 0.1) is 6.10 Å². The zero-order valence-electron chi connectivity index (χ0n) is 9.41. The molecule has 2 aromatic carbocycles. The summed E-state index contributed by atoms with van der Waals surface area (Å²) in [5.41, 5.74) is 1.83. The van der Waals surface area contributed by atoms with Crippen LogP contribution in [0.1, 0.15) is 17.2 Å².